The van der Waals surface area contributed by atoms with Crippen molar-refractivity contribution in [3.05, 3.63) is 28.8 Å². The van der Waals surface area contributed by atoms with Crippen molar-refractivity contribution in [2.45, 2.75) is 12.8 Å². The molecule has 5 heteroatoms. The lowest BCUT2D eigenvalue weighted by molar-refractivity contribution is 0.0748. The Morgan fingerprint density at radius 3 is 2.75 bits per heavy atom. The second kappa shape index (κ2) is 6.46. The molecule has 1 saturated heterocycles. The van der Waals surface area contributed by atoms with Gasteiger partial charge in [-0.25, -0.2) is 0 Å². The minimum Gasteiger partial charge on any atom is -0.397 e. The van der Waals surface area contributed by atoms with E-state index in [1.54, 1.807) is 23.1 Å². The largest absolute Gasteiger partial charge is 0.397 e. The summed E-state index contributed by atoms with van der Waals surface area (Å²) in [5.41, 5.74) is 6.75. The van der Waals surface area contributed by atoms with Crippen LogP contribution in [0.25, 0.3) is 0 Å². The van der Waals surface area contributed by atoms with Crippen molar-refractivity contribution in [2.24, 2.45) is 5.92 Å². The number of halogens is 1. The standard InChI is InChI=1S/C15H22ClN3O/c1-18-8-6-11(7-9-18)10-19(2)15(20)12-4-3-5-13(16)14(12)17/h3-5,11H,6-10,17H2,1-2H3. The number of nitrogens with zero attached hydrogens (tertiary/aromatic N) is 2. The number of anilines is 1. The Bertz CT molecular complexity index is 484. The highest BCUT2D eigenvalue weighted by Crippen LogP contribution is 2.24. The van der Waals surface area contributed by atoms with Crippen molar-refractivity contribution in [3.8, 4) is 0 Å². The number of hydrogen-bond acceptors (Lipinski definition) is 3. The number of likely N-dealkylation sites (tertiary alicyclic amines) is 1. The van der Waals surface area contributed by atoms with Crippen LogP contribution in [0.15, 0.2) is 18.2 Å². The van der Waals surface area contributed by atoms with Gasteiger partial charge in [0.05, 0.1) is 16.3 Å². The third kappa shape index (κ3) is 3.44. The molecule has 0 radical (unpaired) electrons. The monoisotopic (exact) mass is 295 g/mol. The van der Waals surface area contributed by atoms with Crippen molar-refractivity contribution in [2.75, 3.05) is 39.5 Å². The van der Waals surface area contributed by atoms with E-state index >= 15 is 0 Å². The summed E-state index contributed by atoms with van der Waals surface area (Å²) in [4.78, 5) is 16.5. The summed E-state index contributed by atoms with van der Waals surface area (Å²) in [6.07, 6.45) is 2.28. The number of benzene rings is 1. The van der Waals surface area contributed by atoms with Crippen LogP contribution in [0.4, 0.5) is 5.69 Å². The molecule has 0 unspecified atom stereocenters. The summed E-state index contributed by atoms with van der Waals surface area (Å²) in [5, 5.41) is 0.434. The predicted octanol–water partition coefficient (Wildman–Crippen LogP) is 2.34. The maximum Gasteiger partial charge on any atom is 0.255 e. The number of piperidine rings is 1. The molecule has 0 bridgehead atoms. The summed E-state index contributed by atoms with van der Waals surface area (Å²) in [6, 6.07) is 5.19. The van der Waals surface area contributed by atoms with Gasteiger partial charge in [-0.05, 0) is 51.0 Å². The van der Waals surface area contributed by atoms with Crippen LogP contribution in [-0.4, -0.2) is 49.4 Å². The normalized spacial score (nSPS) is 17.1. The Morgan fingerprint density at radius 1 is 1.45 bits per heavy atom. The summed E-state index contributed by atoms with van der Waals surface area (Å²) < 4.78 is 0. The predicted molar refractivity (Wildman–Crippen MR) is 83.0 cm³/mol. The Kier molecular flexibility index (Phi) is 4.89. The molecule has 0 aromatic heterocycles. The third-order valence-corrected chi connectivity index (χ3v) is 4.33. The fraction of sp³-hybridized carbons (Fsp3) is 0.533. The van der Waals surface area contributed by atoms with Crippen LogP contribution in [0.2, 0.25) is 5.02 Å². The molecule has 1 aromatic rings. The van der Waals surface area contributed by atoms with E-state index in [0.717, 1.165) is 32.5 Å². The Morgan fingerprint density at radius 2 is 2.10 bits per heavy atom. The van der Waals surface area contributed by atoms with E-state index in [1.165, 1.54) is 0 Å². The molecule has 0 saturated carbocycles. The summed E-state index contributed by atoms with van der Waals surface area (Å²) in [5.74, 6) is 0.518. The molecule has 20 heavy (non-hydrogen) atoms. The van der Waals surface area contributed by atoms with Crippen LogP contribution >= 0.6 is 11.6 Å². The molecule has 0 aliphatic carbocycles. The first-order valence-corrected chi connectivity index (χ1v) is 7.35. The lowest BCUT2D eigenvalue weighted by Crippen LogP contribution is -2.38. The van der Waals surface area contributed by atoms with Crippen molar-refractivity contribution >= 4 is 23.2 Å². The summed E-state index contributed by atoms with van der Waals surface area (Å²) in [6.45, 7) is 2.98. The average molecular weight is 296 g/mol. The zero-order valence-corrected chi connectivity index (χ0v) is 12.9. The van der Waals surface area contributed by atoms with E-state index < -0.39 is 0 Å². The van der Waals surface area contributed by atoms with Crippen LogP contribution in [0, 0.1) is 5.92 Å². The Labute approximate surface area is 125 Å². The van der Waals surface area contributed by atoms with E-state index in [9.17, 15) is 4.79 Å². The van der Waals surface area contributed by atoms with Gasteiger partial charge in [-0.1, -0.05) is 17.7 Å². The van der Waals surface area contributed by atoms with Gasteiger partial charge in [-0.15, -0.1) is 0 Å². The molecule has 1 fully saturated rings. The zero-order valence-electron chi connectivity index (χ0n) is 12.1. The molecule has 1 heterocycles. The molecule has 2 rings (SSSR count). The van der Waals surface area contributed by atoms with E-state index in [4.69, 9.17) is 17.3 Å². The van der Waals surface area contributed by atoms with Gasteiger partial charge < -0.3 is 15.5 Å². The van der Waals surface area contributed by atoms with Gasteiger partial charge in [-0.3, -0.25) is 4.79 Å². The lowest BCUT2D eigenvalue weighted by atomic mass is 9.96. The zero-order chi connectivity index (χ0) is 14.7. The number of nitrogens with two attached hydrogens (primary N) is 1. The van der Waals surface area contributed by atoms with Gasteiger partial charge in [0, 0.05) is 13.6 Å². The van der Waals surface area contributed by atoms with Crippen LogP contribution in [0.3, 0.4) is 0 Å². The first-order chi connectivity index (χ1) is 9.49. The first kappa shape index (κ1) is 15.1. The van der Waals surface area contributed by atoms with E-state index in [2.05, 4.69) is 11.9 Å². The van der Waals surface area contributed by atoms with Gasteiger partial charge in [-0.2, -0.15) is 0 Å². The molecule has 1 amide bonds. The molecule has 1 aliphatic heterocycles. The number of rotatable bonds is 3. The molecular weight excluding hydrogens is 274 g/mol. The lowest BCUT2D eigenvalue weighted by Gasteiger charge is -2.31. The highest BCUT2D eigenvalue weighted by molar-refractivity contribution is 6.33. The van der Waals surface area contributed by atoms with Gasteiger partial charge in [0.15, 0.2) is 0 Å². The molecular formula is C15H22ClN3O. The number of hydrogen-bond donors (Lipinski definition) is 1. The van der Waals surface area contributed by atoms with E-state index in [-0.39, 0.29) is 5.91 Å². The maximum atomic E-state index is 12.4. The van der Waals surface area contributed by atoms with Gasteiger partial charge in [0.25, 0.3) is 5.91 Å². The molecule has 0 atom stereocenters. The highest BCUT2D eigenvalue weighted by atomic mass is 35.5. The fourth-order valence-corrected chi connectivity index (χ4v) is 2.82. The van der Waals surface area contributed by atoms with Crippen LogP contribution in [-0.2, 0) is 0 Å². The van der Waals surface area contributed by atoms with E-state index in [0.29, 0.717) is 22.2 Å². The van der Waals surface area contributed by atoms with Gasteiger partial charge in [0.1, 0.15) is 0 Å². The topological polar surface area (TPSA) is 49.6 Å². The van der Waals surface area contributed by atoms with Crippen molar-refractivity contribution in [3.63, 3.8) is 0 Å². The quantitative estimate of drug-likeness (QED) is 0.871. The molecule has 1 aliphatic rings. The molecule has 110 valence electrons. The molecule has 4 nitrogen and oxygen atoms in total. The minimum absolute atomic E-state index is 0.0519. The van der Waals surface area contributed by atoms with E-state index in [1.807, 2.05) is 7.05 Å². The summed E-state index contributed by atoms with van der Waals surface area (Å²) in [7, 11) is 3.97. The molecule has 0 spiro atoms. The second-order valence-electron chi connectivity index (χ2n) is 5.63. The fourth-order valence-electron chi connectivity index (χ4n) is 2.64. The number of carbonyl (C=O) groups excluding carboxylic acids is 1. The minimum atomic E-state index is -0.0519. The number of nitrogen functional groups attached to an aromatic ring is 1. The Hall–Kier alpha value is -1.26. The van der Waals surface area contributed by atoms with Crippen molar-refractivity contribution in [1.82, 2.24) is 9.80 Å². The van der Waals surface area contributed by atoms with Crippen LogP contribution in [0.1, 0.15) is 23.2 Å². The first-order valence-electron chi connectivity index (χ1n) is 6.97. The SMILES string of the molecule is CN1CCC(CN(C)C(=O)c2cccc(Cl)c2N)CC1. The highest BCUT2D eigenvalue weighted by Gasteiger charge is 2.22. The summed E-state index contributed by atoms with van der Waals surface area (Å²) >= 11 is 5.97. The maximum absolute atomic E-state index is 12.4. The smallest absolute Gasteiger partial charge is 0.255 e. The number of amides is 1. The van der Waals surface area contributed by atoms with Gasteiger partial charge >= 0.3 is 0 Å². The van der Waals surface area contributed by atoms with Gasteiger partial charge in [0.2, 0.25) is 0 Å². The Balaban J connectivity index is 2.00. The van der Waals surface area contributed by atoms with Crippen molar-refractivity contribution < 1.29 is 4.79 Å². The molecule has 2 N–H and O–H groups in total. The number of para-hydroxylation sites is 1. The average Bonchev–Trinajstić information content (AvgIpc) is 2.43. The number of carbonyl (C=O) groups is 1. The molecule has 1 aromatic carbocycles. The van der Waals surface area contributed by atoms with Crippen molar-refractivity contribution in [1.29, 1.82) is 0 Å². The van der Waals surface area contributed by atoms with Crippen LogP contribution < -0.4 is 5.73 Å². The third-order valence-electron chi connectivity index (χ3n) is 4.00. The van der Waals surface area contributed by atoms with Crippen LogP contribution in [0.5, 0.6) is 0 Å². The second-order valence-corrected chi connectivity index (χ2v) is 6.04.